The summed E-state index contributed by atoms with van der Waals surface area (Å²) in [6, 6.07) is 0. The van der Waals surface area contributed by atoms with E-state index in [9.17, 15) is 9.90 Å². The average molecular weight is 343 g/mol. The molecule has 0 aromatic heterocycles. The van der Waals surface area contributed by atoms with Gasteiger partial charge in [0.05, 0.1) is 6.61 Å². The highest BCUT2D eigenvalue weighted by Gasteiger charge is 2.41. The zero-order valence-electron chi connectivity index (χ0n) is 15.6. The standard InChI is InChI=1S/C18H33NO5/c1-6-23-17-13(8-7-10-20)14(18(2,3)4)12-15(24-17)16(21)19-9-11-22-5/h12-14,17,20H,6-11H2,1-5H3,(H,19,21)/t13-,14+,17-/m1/s1. The number of nitrogens with one attached hydrogen (secondary N) is 1. The fourth-order valence-corrected chi connectivity index (χ4v) is 3.05. The van der Waals surface area contributed by atoms with E-state index < -0.39 is 6.29 Å². The lowest BCUT2D eigenvalue weighted by molar-refractivity contribution is -0.179. The first-order valence-corrected chi connectivity index (χ1v) is 8.73. The second-order valence-electron chi connectivity index (χ2n) is 7.14. The van der Waals surface area contributed by atoms with Crippen LogP contribution in [0.1, 0.15) is 40.5 Å². The van der Waals surface area contributed by atoms with E-state index in [0.29, 0.717) is 31.9 Å². The fraction of sp³-hybridized carbons (Fsp3) is 0.833. The van der Waals surface area contributed by atoms with Gasteiger partial charge in [-0.15, -0.1) is 0 Å². The van der Waals surface area contributed by atoms with Crippen LogP contribution in [0.2, 0.25) is 0 Å². The van der Waals surface area contributed by atoms with Crippen molar-refractivity contribution in [3.8, 4) is 0 Å². The van der Waals surface area contributed by atoms with Gasteiger partial charge in [-0.2, -0.15) is 0 Å². The SMILES string of the molecule is CCO[C@@H]1OC(C(=O)NCCOC)=C[C@H](C(C)(C)C)[C@H]1CCCO. The number of aliphatic hydroxyl groups is 1. The van der Waals surface area contributed by atoms with Crippen LogP contribution in [0.25, 0.3) is 0 Å². The number of aliphatic hydroxyl groups excluding tert-OH is 1. The van der Waals surface area contributed by atoms with Gasteiger partial charge < -0.3 is 24.6 Å². The number of hydrogen-bond donors (Lipinski definition) is 2. The van der Waals surface area contributed by atoms with Crippen molar-refractivity contribution < 1.29 is 24.1 Å². The van der Waals surface area contributed by atoms with Gasteiger partial charge in [-0.05, 0) is 37.2 Å². The number of allylic oxidation sites excluding steroid dienone is 1. The Bertz CT molecular complexity index is 416. The van der Waals surface area contributed by atoms with E-state index in [0.717, 1.165) is 6.42 Å². The van der Waals surface area contributed by atoms with Crippen molar-refractivity contribution >= 4 is 5.91 Å². The molecule has 140 valence electrons. The van der Waals surface area contributed by atoms with Crippen LogP contribution >= 0.6 is 0 Å². The predicted molar refractivity (Wildman–Crippen MR) is 92.2 cm³/mol. The van der Waals surface area contributed by atoms with Gasteiger partial charge in [-0.25, -0.2) is 0 Å². The highest BCUT2D eigenvalue weighted by Crippen LogP contribution is 2.42. The van der Waals surface area contributed by atoms with Crippen LogP contribution in [0.3, 0.4) is 0 Å². The zero-order valence-corrected chi connectivity index (χ0v) is 15.6. The molecule has 0 aromatic carbocycles. The summed E-state index contributed by atoms with van der Waals surface area (Å²) in [6.07, 6.45) is 2.92. The third-order valence-corrected chi connectivity index (χ3v) is 4.23. The van der Waals surface area contributed by atoms with Crippen LogP contribution in [0.4, 0.5) is 0 Å². The van der Waals surface area contributed by atoms with Gasteiger partial charge in [-0.3, -0.25) is 4.79 Å². The molecule has 0 unspecified atom stereocenters. The lowest BCUT2D eigenvalue weighted by atomic mass is 9.70. The molecule has 1 rings (SSSR count). The van der Waals surface area contributed by atoms with Crippen LogP contribution in [0, 0.1) is 17.3 Å². The lowest BCUT2D eigenvalue weighted by Gasteiger charge is -2.42. The number of methoxy groups -OCH3 is 1. The molecule has 0 spiro atoms. The molecule has 0 fully saturated rings. The quantitative estimate of drug-likeness (QED) is 0.627. The van der Waals surface area contributed by atoms with Crippen LogP contribution in [0.5, 0.6) is 0 Å². The molecule has 6 heteroatoms. The molecule has 0 aliphatic carbocycles. The minimum atomic E-state index is -0.473. The molecule has 6 nitrogen and oxygen atoms in total. The molecule has 2 N–H and O–H groups in total. The molecule has 0 saturated heterocycles. The van der Waals surface area contributed by atoms with Gasteiger partial charge in [-0.1, -0.05) is 20.8 Å². The number of rotatable bonds is 9. The zero-order chi connectivity index (χ0) is 18.2. The minimum absolute atomic E-state index is 0.0443. The summed E-state index contributed by atoms with van der Waals surface area (Å²) >= 11 is 0. The smallest absolute Gasteiger partial charge is 0.286 e. The third-order valence-electron chi connectivity index (χ3n) is 4.23. The van der Waals surface area contributed by atoms with Gasteiger partial charge in [0.25, 0.3) is 5.91 Å². The summed E-state index contributed by atoms with van der Waals surface area (Å²) in [5.74, 6) is 0.293. The van der Waals surface area contributed by atoms with E-state index in [4.69, 9.17) is 14.2 Å². The Morgan fingerprint density at radius 3 is 2.67 bits per heavy atom. The maximum absolute atomic E-state index is 12.4. The largest absolute Gasteiger partial charge is 0.459 e. The summed E-state index contributed by atoms with van der Waals surface area (Å²) in [5.41, 5.74) is -0.0443. The Hall–Kier alpha value is -1.11. The third kappa shape index (κ3) is 6.07. The normalized spacial score (nSPS) is 24.2. The molecule has 24 heavy (non-hydrogen) atoms. The van der Waals surface area contributed by atoms with Gasteiger partial charge in [0, 0.05) is 32.8 Å². The second-order valence-corrected chi connectivity index (χ2v) is 7.14. The highest BCUT2D eigenvalue weighted by atomic mass is 16.7. The van der Waals surface area contributed by atoms with E-state index in [1.54, 1.807) is 7.11 Å². The molecule has 0 saturated carbocycles. The molecule has 1 heterocycles. The first kappa shape index (κ1) is 20.9. The van der Waals surface area contributed by atoms with E-state index in [-0.39, 0.29) is 29.8 Å². The lowest BCUT2D eigenvalue weighted by Crippen LogP contribution is -2.43. The van der Waals surface area contributed by atoms with Gasteiger partial charge in [0.1, 0.15) is 0 Å². The average Bonchev–Trinajstić information content (AvgIpc) is 2.52. The van der Waals surface area contributed by atoms with Crippen molar-refractivity contribution in [1.29, 1.82) is 0 Å². The summed E-state index contributed by atoms with van der Waals surface area (Å²) < 4.78 is 16.6. The van der Waals surface area contributed by atoms with E-state index in [1.165, 1.54) is 0 Å². The molecule has 0 bridgehead atoms. The minimum Gasteiger partial charge on any atom is -0.459 e. The Labute approximate surface area is 145 Å². The number of carbonyl (C=O) groups excluding carboxylic acids is 1. The second kappa shape index (κ2) is 10.0. The Kier molecular flexibility index (Phi) is 8.73. The fourth-order valence-electron chi connectivity index (χ4n) is 3.05. The van der Waals surface area contributed by atoms with Crippen LogP contribution in [-0.4, -0.2) is 50.8 Å². The summed E-state index contributed by atoms with van der Waals surface area (Å²) in [7, 11) is 1.59. The van der Waals surface area contributed by atoms with Crippen molar-refractivity contribution in [1.82, 2.24) is 5.32 Å². The number of amides is 1. The molecule has 3 atom stereocenters. The van der Waals surface area contributed by atoms with Gasteiger partial charge in [0.2, 0.25) is 6.29 Å². The topological polar surface area (TPSA) is 77.0 Å². The van der Waals surface area contributed by atoms with Crippen molar-refractivity contribution in [2.75, 3.05) is 33.5 Å². The number of carbonyl (C=O) groups is 1. The molecular weight excluding hydrogens is 310 g/mol. The molecule has 0 radical (unpaired) electrons. The van der Waals surface area contributed by atoms with Crippen molar-refractivity contribution in [3.05, 3.63) is 11.8 Å². The monoisotopic (exact) mass is 343 g/mol. The van der Waals surface area contributed by atoms with Crippen LogP contribution in [0.15, 0.2) is 11.8 Å². The van der Waals surface area contributed by atoms with Crippen molar-refractivity contribution in [2.45, 2.75) is 46.8 Å². The molecule has 1 aliphatic rings. The maximum atomic E-state index is 12.4. The summed E-state index contributed by atoms with van der Waals surface area (Å²) in [6.45, 7) is 9.89. The number of ether oxygens (including phenoxy) is 3. The first-order chi connectivity index (χ1) is 11.3. The van der Waals surface area contributed by atoms with Crippen molar-refractivity contribution in [2.24, 2.45) is 17.3 Å². The highest BCUT2D eigenvalue weighted by molar-refractivity contribution is 5.91. The summed E-state index contributed by atoms with van der Waals surface area (Å²) in [5, 5.41) is 12.0. The van der Waals surface area contributed by atoms with Crippen LogP contribution < -0.4 is 5.32 Å². The predicted octanol–water partition coefficient (Wildman–Crippen LogP) is 2.08. The Balaban J connectivity index is 2.99. The molecule has 1 amide bonds. The molecular formula is C18H33NO5. The van der Waals surface area contributed by atoms with Gasteiger partial charge >= 0.3 is 0 Å². The van der Waals surface area contributed by atoms with Crippen LogP contribution in [-0.2, 0) is 19.0 Å². The Morgan fingerprint density at radius 1 is 1.42 bits per heavy atom. The Morgan fingerprint density at radius 2 is 2.12 bits per heavy atom. The maximum Gasteiger partial charge on any atom is 0.286 e. The number of hydrogen-bond acceptors (Lipinski definition) is 5. The molecule has 1 aliphatic heterocycles. The summed E-state index contributed by atoms with van der Waals surface area (Å²) in [4.78, 5) is 12.4. The van der Waals surface area contributed by atoms with E-state index in [1.807, 2.05) is 13.0 Å². The van der Waals surface area contributed by atoms with Crippen molar-refractivity contribution in [3.63, 3.8) is 0 Å². The van der Waals surface area contributed by atoms with E-state index >= 15 is 0 Å². The van der Waals surface area contributed by atoms with Gasteiger partial charge in [0.15, 0.2) is 5.76 Å². The van der Waals surface area contributed by atoms with E-state index in [2.05, 4.69) is 26.1 Å². The first-order valence-electron chi connectivity index (χ1n) is 8.73. The molecule has 0 aromatic rings.